The second-order valence-corrected chi connectivity index (χ2v) is 4.83. The Balaban J connectivity index is 2.05. The smallest absolute Gasteiger partial charge is 0.133 e. The van der Waals surface area contributed by atoms with Crippen LogP contribution in [0.1, 0.15) is 18.4 Å². The predicted octanol–water partition coefficient (Wildman–Crippen LogP) is 2.63. The third-order valence-electron chi connectivity index (χ3n) is 2.56. The summed E-state index contributed by atoms with van der Waals surface area (Å²) in [4.78, 5) is 0. The van der Waals surface area contributed by atoms with Crippen molar-refractivity contribution >= 4 is 15.9 Å². The summed E-state index contributed by atoms with van der Waals surface area (Å²) in [5.41, 5.74) is 7.07. The summed E-state index contributed by atoms with van der Waals surface area (Å²) in [5, 5.41) is 0. The van der Waals surface area contributed by atoms with E-state index in [1.54, 1.807) is 0 Å². The Labute approximate surface area is 92.6 Å². The highest BCUT2D eigenvalue weighted by molar-refractivity contribution is 9.10. The van der Waals surface area contributed by atoms with E-state index in [2.05, 4.69) is 15.9 Å². The van der Waals surface area contributed by atoms with E-state index in [1.165, 1.54) is 5.56 Å². The lowest BCUT2D eigenvalue weighted by Crippen LogP contribution is -2.29. The third-order valence-corrected chi connectivity index (χ3v) is 3.58. The van der Waals surface area contributed by atoms with Gasteiger partial charge in [0, 0.05) is 0 Å². The number of benzene rings is 1. The van der Waals surface area contributed by atoms with E-state index in [9.17, 15) is 0 Å². The van der Waals surface area contributed by atoms with Gasteiger partial charge in [-0.2, -0.15) is 0 Å². The molecule has 1 aromatic carbocycles. The first kappa shape index (κ1) is 9.99. The van der Waals surface area contributed by atoms with Gasteiger partial charge in [-0.25, -0.2) is 0 Å². The average molecular weight is 256 g/mol. The van der Waals surface area contributed by atoms with Crippen LogP contribution in [0.5, 0.6) is 5.75 Å². The van der Waals surface area contributed by atoms with Gasteiger partial charge in [-0.15, -0.1) is 0 Å². The Morgan fingerprint density at radius 3 is 2.86 bits per heavy atom. The standard InChI is InChI=1S/C11H14BrNO/c1-8-3-2-4-9(10(8)12)14-7-11(13)5-6-11/h2-4H,5-7,13H2,1H3. The van der Waals surface area contributed by atoms with Gasteiger partial charge in [-0.1, -0.05) is 12.1 Å². The number of rotatable bonds is 3. The molecule has 0 saturated heterocycles. The summed E-state index contributed by atoms with van der Waals surface area (Å²) in [6.07, 6.45) is 2.16. The molecule has 0 amide bonds. The minimum absolute atomic E-state index is 0.0524. The molecule has 0 bridgehead atoms. The highest BCUT2D eigenvalue weighted by Gasteiger charge is 2.39. The van der Waals surface area contributed by atoms with E-state index in [0.717, 1.165) is 23.1 Å². The van der Waals surface area contributed by atoms with Crippen molar-refractivity contribution in [2.45, 2.75) is 25.3 Å². The molecule has 2 nitrogen and oxygen atoms in total. The van der Waals surface area contributed by atoms with Crippen molar-refractivity contribution in [3.05, 3.63) is 28.2 Å². The van der Waals surface area contributed by atoms with E-state index < -0.39 is 0 Å². The van der Waals surface area contributed by atoms with Crippen LogP contribution < -0.4 is 10.5 Å². The van der Waals surface area contributed by atoms with E-state index in [4.69, 9.17) is 10.5 Å². The predicted molar refractivity (Wildman–Crippen MR) is 60.5 cm³/mol. The molecule has 2 rings (SSSR count). The maximum atomic E-state index is 5.94. The maximum absolute atomic E-state index is 5.94. The zero-order chi connectivity index (χ0) is 10.2. The van der Waals surface area contributed by atoms with Gasteiger partial charge >= 0.3 is 0 Å². The molecule has 3 heteroatoms. The molecular formula is C11H14BrNO. The van der Waals surface area contributed by atoms with Gasteiger partial charge in [-0.3, -0.25) is 0 Å². The number of nitrogens with two attached hydrogens (primary N) is 1. The quantitative estimate of drug-likeness (QED) is 0.902. The minimum Gasteiger partial charge on any atom is -0.490 e. The molecule has 1 aliphatic carbocycles. The van der Waals surface area contributed by atoms with Gasteiger partial charge in [0.25, 0.3) is 0 Å². The molecule has 0 unspecified atom stereocenters. The molecule has 0 radical (unpaired) electrons. The van der Waals surface area contributed by atoms with E-state index >= 15 is 0 Å². The van der Waals surface area contributed by atoms with Gasteiger partial charge in [0.2, 0.25) is 0 Å². The van der Waals surface area contributed by atoms with Crippen molar-refractivity contribution in [1.82, 2.24) is 0 Å². The van der Waals surface area contributed by atoms with Crippen molar-refractivity contribution in [3.63, 3.8) is 0 Å². The first-order chi connectivity index (χ1) is 6.61. The molecule has 0 aliphatic heterocycles. The van der Waals surface area contributed by atoms with Crippen LogP contribution in [0.4, 0.5) is 0 Å². The highest BCUT2D eigenvalue weighted by Crippen LogP contribution is 2.34. The molecule has 0 atom stereocenters. The fourth-order valence-corrected chi connectivity index (χ4v) is 1.64. The Hall–Kier alpha value is -0.540. The van der Waals surface area contributed by atoms with Crippen LogP contribution in [0.3, 0.4) is 0 Å². The molecule has 2 N–H and O–H groups in total. The molecule has 1 aromatic rings. The Bertz CT molecular complexity index is 347. The van der Waals surface area contributed by atoms with Crippen molar-refractivity contribution in [2.75, 3.05) is 6.61 Å². The lowest BCUT2D eigenvalue weighted by Gasteiger charge is -2.13. The maximum Gasteiger partial charge on any atom is 0.133 e. The Morgan fingerprint density at radius 1 is 1.50 bits per heavy atom. The molecule has 0 aromatic heterocycles. The molecular weight excluding hydrogens is 242 g/mol. The van der Waals surface area contributed by atoms with Crippen LogP contribution in [0.15, 0.2) is 22.7 Å². The number of ether oxygens (including phenoxy) is 1. The average Bonchev–Trinajstić information content (AvgIpc) is 2.88. The second kappa shape index (κ2) is 3.55. The van der Waals surface area contributed by atoms with Gasteiger partial charge in [0.15, 0.2) is 0 Å². The second-order valence-electron chi connectivity index (χ2n) is 4.04. The number of hydrogen-bond donors (Lipinski definition) is 1. The summed E-state index contributed by atoms with van der Waals surface area (Å²) >= 11 is 3.50. The summed E-state index contributed by atoms with van der Waals surface area (Å²) in [6, 6.07) is 6.00. The lowest BCUT2D eigenvalue weighted by molar-refractivity contribution is 0.277. The van der Waals surface area contributed by atoms with Gasteiger partial charge < -0.3 is 10.5 Å². The van der Waals surface area contributed by atoms with E-state index in [1.807, 2.05) is 25.1 Å². The summed E-state index contributed by atoms with van der Waals surface area (Å²) < 4.78 is 6.70. The minimum atomic E-state index is -0.0524. The molecule has 1 aliphatic rings. The molecule has 14 heavy (non-hydrogen) atoms. The lowest BCUT2D eigenvalue weighted by atomic mass is 10.2. The summed E-state index contributed by atoms with van der Waals surface area (Å²) in [7, 11) is 0. The van der Waals surface area contributed by atoms with E-state index in [0.29, 0.717) is 6.61 Å². The number of halogens is 1. The summed E-state index contributed by atoms with van der Waals surface area (Å²) in [5.74, 6) is 0.890. The van der Waals surface area contributed by atoms with E-state index in [-0.39, 0.29) is 5.54 Å². The van der Waals surface area contributed by atoms with Gasteiger partial charge in [0.05, 0.1) is 10.0 Å². The molecule has 0 heterocycles. The topological polar surface area (TPSA) is 35.2 Å². The number of hydrogen-bond acceptors (Lipinski definition) is 2. The van der Waals surface area contributed by atoms with Crippen LogP contribution in [-0.4, -0.2) is 12.1 Å². The molecule has 76 valence electrons. The summed E-state index contributed by atoms with van der Waals surface area (Å²) in [6.45, 7) is 2.67. The first-order valence-electron chi connectivity index (χ1n) is 4.78. The van der Waals surface area contributed by atoms with Gasteiger partial charge in [0.1, 0.15) is 12.4 Å². The fourth-order valence-electron chi connectivity index (χ4n) is 1.26. The monoisotopic (exact) mass is 255 g/mol. The van der Waals surface area contributed by atoms with Gasteiger partial charge in [-0.05, 0) is 47.3 Å². The molecule has 1 saturated carbocycles. The zero-order valence-electron chi connectivity index (χ0n) is 8.22. The van der Waals surface area contributed by atoms with Crippen molar-refractivity contribution < 1.29 is 4.74 Å². The largest absolute Gasteiger partial charge is 0.490 e. The van der Waals surface area contributed by atoms with Crippen molar-refractivity contribution in [3.8, 4) is 5.75 Å². The SMILES string of the molecule is Cc1cccc(OCC2(N)CC2)c1Br. The fraction of sp³-hybridized carbons (Fsp3) is 0.455. The van der Waals surface area contributed by atoms with Crippen LogP contribution >= 0.6 is 15.9 Å². The molecule has 0 spiro atoms. The Kier molecular flexibility index (Phi) is 2.54. The van der Waals surface area contributed by atoms with Crippen molar-refractivity contribution in [2.24, 2.45) is 5.73 Å². The first-order valence-corrected chi connectivity index (χ1v) is 5.57. The van der Waals surface area contributed by atoms with Crippen LogP contribution in [-0.2, 0) is 0 Å². The number of aryl methyl sites for hydroxylation is 1. The van der Waals surface area contributed by atoms with Crippen LogP contribution in [0.25, 0.3) is 0 Å². The highest BCUT2D eigenvalue weighted by atomic mass is 79.9. The zero-order valence-corrected chi connectivity index (χ0v) is 9.80. The molecule has 1 fully saturated rings. The van der Waals surface area contributed by atoms with Crippen molar-refractivity contribution in [1.29, 1.82) is 0 Å². The Morgan fingerprint density at radius 2 is 2.21 bits per heavy atom. The van der Waals surface area contributed by atoms with Crippen LogP contribution in [0.2, 0.25) is 0 Å². The van der Waals surface area contributed by atoms with Crippen LogP contribution in [0, 0.1) is 6.92 Å². The third kappa shape index (κ3) is 2.10. The normalized spacial score (nSPS) is 17.9.